The number of nitrogens with one attached hydrogen (secondary N) is 3. The normalized spacial score (nSPS) is 11.4. The van der Waals surface area contributed by atoms with Gasteiger partial charge in [0.2, 0.25) is 5.95 Å². The van der Waals surface area contributed by atoms with Gasteiger partial charge < -0.3 is 43.5 Å². The van der Waals surface area contributed by atoms with Crippen molar-refractivity contribution >= 4 is 110 Å². The zero-order valence-corrected chi connectivity index (χ0v) is 46.6. The zero-order valence-electron chi connectivity index (χ0n) is 41.0. The number of aromatic nitrogens is 3. The second-order valence-corrected chi connectivity index (χ2v) is 22.0. The Hall–Kier alpha value is -6.27. The number of sulfonamides is 1. The van der Waals surface area contributed by atoms with Crippen LogP contribution in [0.4, 0.5) is 29.6 Å². The van der Waals surface area contributed by atoms with Crippen molar-refractivity contribution in [2.75, 3.05) is 58.2 Å². The van der Waals surface area contributed by atoms with E-state index in [9.17, 15) is 60.3 Å². The molecule has 2 amide bonds. The molecule has 24 nitrogen and oxygen atoms in total. The molecule has 34 heteroatoms. The van der Waals surface area contributed by atoms with Gasteiger partial charge in [-0.1, -0.05) is 64.6 Å². The molecule has 1 unspecified atom stereocenters. The molecular formula is C43H47Cl4F3N7O17PS2. The van der Waals surface area contributed by atoms with E-state index in [0.29, 0.717) is 21.7 Å². The van der Waals surface area contributed by atoms with Gasteiger partial charge in [-0.25, -0.2) is 27.5 Å². The second kappa shape index (κ2) is 32.5. The number of amides is 2. The van der Waals surface area contributed by atoms with Gasteiger partial charge in [0.15, 0.2) is 5.75 Å². The summed E-state index contributed by atoms with van der Waals surface area (Å²) in [6.45, 7) is 1.02. The van der Waals surface area contributed by atoms with Crippen LogP contribution < -0.4 is 34.5 Å². The predicted octanol–water partition coefficient (Wildman–Crippen LogP) is 8.03. The fourth-order valence-corrected chi connectivity index (χ4v) is 7.57. The molecule has 0 fully saturated rings. The Morgan fingerprint density at radius 3 is 1.99 bits per heavy atom. The van der Waals surface area contributed by atoms with Gasteiger partial charge in [-0.05, 0) is 72.3 Å². The van der Waals surface area contributed by atoms with Crippen LogP contribution in [0.3, 0.4) is 0 Å². The van der Waals surface area contributed by atoms with Crippen LogP contribution in [0.25, 0.3) is 0 Å². The molecule has 6 N–H and O–H groups in total. The van der Waals surface area contributed by atoms with Crippen LogP contribution >= 0.6 is 54.0 Å². The number of hydrogen-bond acceptors (Lipinski definition) is 18. The molecule has 0 saturated heterocycles. The number of esters is 1. The third-order valence-corrected chi connectivity index (χ3v) is 11.3. The Morgan fingerprint density at radius 1 is 0.870 bits per heavy atom. The standard InChI is InChI=1S/C15H16F3N5O4S.C14H9Cl2NO5.C8H6Cl2O3.C3H8NO5P.C3H9S/c1-9-19-12(22-14(20-9)27-2)21-13(24)23-28(25,26)11-6-4-3-5-10(11)7-8-15(16,17)18;1-21-14(18)10-7-9(3-4-12(10)17(19)20)22-13-5-2-8(15)6-11(13)16;1-13-7-5(10)3-2-4(9)6(7)8(11)12;5-3(6)1-4-2-10(7,8)9;1-4(2)3/h3-6H,7-8H2,1-2H3,(H2,19,20,21,22,23,24);2-7H,1H3;2-3H,1H3,(H,11,12);4H,1-2H2,(H,5,6)(H2,7,8,9);1-3H3/q;;;;+1/p-1. The number of anilines is 1. The highest BCUT2D eigenvalue weighted by Crippen LogP contribution is 2.35. The Balaban J connectivity index is 0.000000535. The Bertz CT molecular complexity index is 3020. The summed E-state index contributed by atoms with van der Waals surface area (Å²) < 4.78 is 93.6. The first kappa shape index (κ1) is 68.7. The number of aromatic carboxylic acids is 1. The van der Waals surface area contributed by atoms with E-state index in [1.165, 1.54) is 69.7 Å². The maximum Gasteiger partial charge on any atom is 0.389 e. The number of alkyl halides is 3. The molecule has 0 bridgehead atoms. The van der Waals surface area contributed by atoms with Crippen molar-refractivity contribution < 1.29 is 89.2 Å². The Labute approximate surface area is 460 Å². The lowest BCUT2D eigenvalue weighted by Crippen LogP contribution is -2.35. The van der Waals surface area contributed by atoms with E-state index >= 15 is 0 Å². The summed E-state index contributed by atoms with van der Waals surface area (Å²) in [6, 6.07) is 15.1. The summed E-state index contributed by atoms with van der Waals surface area (Å²) in [5, 5.41) is 32.8. The van der Waals surface area contributed by atoms with Gasteiger partial charge in [-0.3, -0.25) is 25.5 Å². The van der Waals surface area contributed by atoms with Gasteiger partial charge in [0, 0.05) is 23.6 Å². The minimum absolute atomic E-state index is 0.0715. The van der Waals surface area contributed by atoms with Crippen molar-refractivity contribution in [2.24, 2.45) is 0 Å². The zero-order chi connectivity index (χ0) is 59.0. The van der Waals surface area contributed by atoms with Crippen LogP contribution in [0.15, 0.2) is 77.7 Å². The largest absolute Gasteiger partial charge is 0.778 e. The molecule has 1 atom stereocenters. The summed E-state index contributed by atoms with van der Waals surface area (Å²) in [6.07, 6.45) is -0.321. The topological polar surface area (TPSA) is 358 Å². The number of nitrogens with zero attached hydrogens (tertiary/aromatic N) is 4. The summed E-state index contributed by atoms with van der Waals surface area (Å²) in [4.78, 5) is 83.3. The van der Waals surface area contributed by atoms with E-state index in [-0.39, 0.29) is 66.7 Å². The first-order valence-electron chi connectivity index (χ1n) is 20.6. The smallest absolute Gasteiger partial charge is 0.389 e. The summed E-state index contributed by atoms with van der Waals surface area (Å²) in [7, 11) is -4.38. The number of nitro groups is 1. The van der Waals surface area contributed by atoms with Crippen LogP contribution in [0.2, 0.25) is 20.1 Å². The first-order chi connectivity index (χ1) is 35.6. The number of halogens is 7. The molecule has 0 spiro atoms. The lowest BCUT2D eigenvalue weighted by Gasteiger charge is -2.14. The minimum atomic E-state index is -4.45. The van der Waals surface area contributed by atoms with E-state index in [0.717, 1.165) is 19.2 Å². The molecule has 1 heterocycles. The lowest BCUT2D eigenvalue weighted by molar-refractivity contribution is -0.385. The predicted molar refractivity (Wildman–Crippen MR) is 278 cm³/mol. The number of carbonyl (C=O) groups is 4. The van der Waals surface area contributed by atoms with Gasteiger partial charge in [-0.2, -0.15) is 28.1 Å². The molecule has 1 aromatic heterocycles. The molecule has 0 aliphatic heterocycles. The third-order valence-electron chi connectivity index (χ3n) is 8.06. The SMILES string of the molecule is COC(=O)c1cc(Oc2ccc(Cl)cc2Cl)ccc1[N+](=O)[O-].COc1c(Cl)ccc(Cl)c1C(=O)O.COc1nc(C)nc(NC(=O)NS(=O)(=O)c2ccccc2CCC(F)(F)F)n1.C[S+](C)C.O=C(O)CNCP(=O)([O-])O. The van der Waals surface area contributed by atoms with Crippen LogP contribution in [0, 0.1) is 17.0 Å². The number of aryl methyl sites for hydroxylation is 2. The number of carboxylic acids is 2. The molecule has 422 valence electrons. The highest BCUT2D eigenvalue weighted by atomic mass is 35.5. The van der Waals surface area contributed by atoms with E-state index < -0.39 is 83.2 Å². The number of carbonyl (C=O) groups excluding carboxylic acids is 2. The lowest BCUT2D eigenvalue weighted by atomic mass is 10.1. The average Bonchev–Trinajstić information content (AvgIpc) is 3.31. The molecule has 0 aliphatic carbocycles. The van der Waals surface area contributed by atoms with Gasteiger partial charge in [0.05, 0.1) is 77.8 Å². The number of rotatable bonds is 16. The fourth-order valence-electron chi connectivity index (χ4n) is 5.09. The molecule has 5 aromatic rings. The van der Waals surface area contributed by atoms with Crippen molar-refractivity contribution in [3.05, 3.63) is 126 Å². The summed E-state index contributed by atoms with van der Waals surface area (Å²) in [5.74, 6) is -2.63. The molecule has 0 aliphatic rings. The van der Waals surface area contributed by atoms with Crippen LogP contribution in [-0.2, 0) is 41.4 Å². The number of nitro benzene ring substituents is 1. The number of benzene rings is 4. The number of ether oxygens (including phenoxy) is 4. The van der Waals surface area contributed by atoms with Crippen LogP contribution in [0.5, 0.6) is 23.3 Å². The first-order valence-corrected chi connectivity index (χ1v) is 27.8. The molecule has 5 rings (SSSR count). The summed E-state index contributed by atoms with van der Waals surface area (Å²) >= 11 is 23.1. The van der Waals surface area contributed by atoms with Crippen LogP contribution in [-0.4, -0.2) is 126 Å². The van der Waals surface area contributed by atoms with E-state index in [2.05, 4.69) is 43.8 Å². The monoisotopic (exact) mass is 1230 g/mol. The van der Waals surface area contributed by atoms with Crippen molar-refractivity contribution in [1.82, 2.24) is 25.0 Å². The summed E-state index contributed by atoms with van der Waals surface area (Å²) in [5.41, 5.74) is -0.772. The van der Waals surface area contributed by atoms with Crippen LogP contribution in [0.1, 0.15) is 38.5 Å². The third kappa shape index (κ3) is 26.6. The highest BCUT2D eigenvalue weighted by molar-refractivity contribution is 7.94. The van der Waals surface area contributed by atoms with E-state index in [1.54, 1.807) is 16.9 Å². The second-order valence-electron chi connectivity index (χ2n) is 14.7. The van der Waals surface area contributed by atoms with Gasteiger partial charge in [0.25, 0.3) is 15.7 Å². The van der Waals surface area contributed by atoms with Gasteiger partial charge in [-0.15, -0.1) is 0 Å². The molecule has 4 aromatic carbocycles. The van der Waals surface area contributed by atoms with Gasteiger partial charge >= 0.3 is 36.1 Å². The van der Waals surface area contributed by atoms with Crippen molar-refractivity contribution in [2.45, 2.75) is 30.8 Å². The van der Waals surface area contributed by atoms with Gasteiger partial charge in [0.1, 0.15) is 36.0 Å². The number of methoxy groups -OCH3 is 3. The maximum absolute atomic E-state index is 12.5. The van der Waals surface area contributed by atoms with E-state index in [1.807, 2.05) is 5.32 Å². The van der Waals surface area contributed by atoms with E-state index in [4.69, 9.17) is 75.7 Å². The molecule has 0 radical (unpaired) electrons. The number of hydrogen-bond donors (Lipinski definition) is 6. The maximum atomic E-state index is 12.5. The Morgan fingerprint density at radius 2 is 1.48 bits per heavy atom. The van der Waals surface area contributed by atoms with Crippen molar-refractivity contribution in [1.29, 1.82) is 0 Å². The number of urea groups is 1. The number of carboxylic acid groups (broad SMARTS) is 2. The molecule has 77 heavy (non-hydrogen) atoms. The fraction of sp³-hybridized carbons (Fsp3) is 0.279. The van der Waals surface area contributed by atoms with Crippen molar-refractivity contribution in [3.63, 3.8) is 0 Å². The molecule has 0 saturated carbocycles. The minimum Gasteiger partial charge on any atom is -0.778 e. The Kier molecular flexibility index (Phi) is 29.0. The van der Waals surface area contributed by atoms with Crippen molar-refractivity contribution in [3.8, 4) is 23.3 Å². The molecular weight excluding hydrogens is 1180 g/mol. The number of aliphatic carboxylic acids is 1. The quantitative estimate of drug-likeness (QED) is 0.0179. The highest BCUT2D eigenvalue weighted by Gasteiger charge is 2.29. The average molecular weight is 1230 g/mol.